The van der Waals surface area contributed by atoms with E-state index in [-0.39, 0.29) is 5.78 Å². The van der Waals surface area contributed by atoms with Crippen LogP contribution in [0.2, 0.25) is 0 Å². The summed E-state index contributed by atoms with van der Waals surface area (Å²) in [7, 11) is 3.31. The third-order valence-corrected chi connectivity index (χ3v) is 4.67. The molecule has 1 saturated carbocycles. The van der Waals surface area contributed by atoms with E-state index in [1.165, 1.54) is 0 Å². The van der Waals surface area contributed by atoms with E-state index in [2.05, 4.69) is 0 Å². The second kappa shape index (κ2) is 9.56. The Morgan fingerprint density at radius 1 is 0.714 bits per heavy atom. The zero-order chi connectivity index (χ0) is 19.8. The van der Waals surface area contributed by atoms with E-state index < -0.39 is 0 Å². The minimum absolute atomic E-state index is 0.120. The number of para-hydroxylation sites is 2. The van der Waals surface area contributed by atoms with Gasteiger partial charge >= 0.3 is 0 Å². The number of hydrogen-bond acceptors (Lipinski definition) is 3. The smallest absolute Gasteiger partial charge is 0.185 e. The largest absolute Gasteiger partial charge is 0.496 e. The van der Waals surface area contributed by atoms with Crippen LogP contribution >= 0.6 is 0 Å². The standard InChI is InChI=1S/C25H24O3/c1-27-23-15-5-3-9-19(23)11-7-13-21-17-18-22(25(21)26)14-8-12-20-10-4-6-16-24(20)28-2/h3-16H,17-18H2,1-2H3/b11-7+,12-8+,21-13+,22-14+. The number of Topliss-reactive ketones (excluding diaryl/α,β-unsaturated/α-hetero) is 1. The predicted molar refractivity (Wildman–Crippen MR) is 114 cm³/mol. The molecule has 0 bridgehead atoms. The van der Waals surface area contributed by atoms with Crippen LogP contribution < -0.4 is 9.47 Å². The first-order valence-corrected chi connectivity index (χ1v) is 9.28. The van der Waals surface area contributed by atoms with Crippen molar-refractivity contribution in [3.05, 3.63) is 95.1 Å². The summed E-state index contributed by atoms with van der Waals surface area (Å²) in [4.78, 5) is 12.6. The van der Waals surface area contributed by atoms with Crippen molar-refractivity contribution in [3.63, 3.8) is 0 Å². The highest BCUT2D eigenvalue weighted by Gasteiger charge is 2.21. The lowest BCUT2D eigenvalue weighted by Crippen LogP contribution is -1.94. The van der Waals surface area contributed by atoms with Gasteiger partial charge in [0, 0.05) is 22.3 Å². The molecule has 0 spiro atoms. The van der Waals surface area contributed by atoms with Gasteiger partial charge in [-0.05, 0) is 25.0 Å². The number of ketones is 1. The van der Waals surface area contributed by atoms with Crippen molar-refractivity contribution < 1.29 is 14.3 Å². The molecule has 0 aliphatic heterocycles. The second-order valence-corrected chi connectivity index (χ2v) is 6.42. The van der Waals surface area contributed by atoms with E-state index in [1.807, 2.05) is 85.0 Å². The molecule has 0 amide bonds. The van der Waals surface area contributed by atoms with Crippen molar-refractivity contribution in [1.29, 1.82) is 0 Å². The number of methoxy groups -OCH3 is 2. The number of benzene rings is 2. The molecule has 1 aliphatic rings. The number of allylic oxidation sites excluding steroid dienone is 6. The lowest BCUT2D eigenvalue weighted by atomic mass is 10.1. The average molecular weight is 372 g/mol. The number of carbonyl (C=O) groups is 1. The van der Waals surface area contributed by atoms with Crippen molar-refractivity contribution in [2.24, 2.45) is 0 Å². The Morgan fingerprint density at radius 3 is 1.57 bits per heavy atom. The van der Waals surface area contributed by atoms with Crippen LogP contribution in [0.5, 0.6) is 11.5 Å². The highest BCUT2D eigenvalue weighted by Crippen LogP contribution is 2.27. The van der Waals surface area contributed by atoms with Crippen LogP contribution in [-0.4, -0.2) is 20.0 Å². The van der Waals surface area contributed by atoms with E-state index in [0.717, 1.165) is 46.6 Å². The first-order valence-electron chi connectivity index (χ1n) is 9.28. The maximum atomic E-state index is 12.6. The van der Waals surface area contributed by atoms with E-state index in [1.54, 1.807) is 14.2 Å². The Kier molecular flexibility index (Phi) is 6.64. The average Bonchev–Trinajstić information content (AvgIpc) is 3.08. The van der Waals surface area contributed by atoms with Gasteiger partial charge in [0.1, 0.15) is 11.5 Å². The topological polar surface area (TPSA) is 35.5 Å². The molecule has 0 atom stereocenters. The Bertz CT molecular complexity index is 884. The van der Waals surface area contributed by atoms with Gasteiger partial charge in [0.05, 0.1) is 14.2 Å². The summed E-state index contributed by atoms with van der Waals surface area (Å²) < 4.78 is 10.7. The maximum Gasteiger partial charge on any atom is 0.185 e. The molecule has 0 N–H and O–H groups in total. The van der Waals surface area contributed by atoms with E-state index in [4.69, 9.17) is 9.47 Å². The zero-order valence-electron chi connectivity index (χ0n) is 16.2. The van der Waals surface area contributed by atoms with Gasteiger partial charge in [0.15, 0.2) is 5.78 Å². The molecule has 0 unspecified atom stereocenters. The molecule has 1 fully saturated rings. The summed E-state index contributed by atoms with van der Waals surface area (Å²) in [6.07, 6.45) is 13.1. The number of carbonyl (C=O) groups excluding carboxylic acids is 1. The first-order chi connectivity index (χ1) is 13.7. The van der Waals surface area contributed by atoms with Crippen LogP contribution in [0.25, 0.3) is 12.2 Å². The quantitative estimate of drug-likeness (QED) is 0.615. The molecule has 28 heavy (non-hydrogen) atoms. The summed E-state index contributed by atoms with van der Waals surface area (Å²) in [5, 5.41) is 0. The molecule has 2 aromatic carbocycles. The van der Waals surface area contributed by atoms with Gasteiger partial charge < -0.3 is 9.47 Å². The summed E-state index contributed by atoms with van der Waals surface area (Å²) in [5.41, 5.74) is 3.65. The Labute approximate surface area is 166 Å². The summed E-state index contributed by atoms with van der Waals surface area (Å²) in [6, 6.07) is 15.6. The molecule has 0 radical (unpaired) electrons. The molecule has 3 nitrogen and oxygen atoms in total. The second-order valence-electron chi connectivity index (χ2n) is 6.42. The first kappa shape index (κ1) is 19.4. The number of hydrogen-bond donors (Lipinski definition) is 0. The van der Waals surface area contributed by atoms with Crippen LogP contribution in [0, 0.1) is 0 Å². The number of rotatable bonds is 6. The van der Waals surface area contributed by atoms with E-state index in [0.29, 0.717) is 0 Å². The SMILES string of the molecule is COc1ccccc1/C=C/C=C1\CC/C(=C\C=C\c2ccccc2OC)C1=O. The molecule has 2 aromatic rings. The van der Waals surface area contributed by atoms with Crippen molar-refractivity contribution in [3.8, 4) is 11.5 Å². The van der Waals surface area contributed by atoms with Crippen LogP contribution in [0.4, 0.5) is 0 Å². The molecular formula is C25H24O3. The lowest BCUT2D eigenvalue weighted by Gasteiger charge is -2.02. The fourth-order valence-corrected chi connectivity index (χ4v) is 3.16. The Morgan fingerprint density at radius 2 is 1.14 bits per heavy atom. The van der Waals surface area contributed by atoms with E-state index in [9.17, 15) is 4.79 Å². The minimum Gasteiger partial charge on any atom is -0.496 e. The van der Waals surface area contributed by atoms with Crippen LogP contribution in [-0.2, 0) is 4.79 Å². The van der Waals surface area contributed by atoms with Gasteiger partial charge in [-0.3, -0.25) is 4.79 Å². The molecular weight excluding hydrogens is 348 g/mol. The van der Waals surface area contributed by atoms with Crippen LogP contribution in [0.3, 0.4) is 0 Å². The highest BCUT2D eigenvalue weighted by atomic mass is 16.5. The summed E-state index contributed by atoms with van der Waals surface area (Å²) in [5.74, 6) is 1.75. The molecule has 0 aromatic heterocycles. The van der Waals surface area contributed by atoms with Crippen molar-refractivity contribution in [1.82, 2.24) is 0 Å². The molecule has 1 aliphatic carbocycles. The molecule has 3 heteroatoms. The highest BCUT2D eigenvalue weighted by molar-refractivity contribution is 6.11. The van der Waals surface area contributed by atoms with E-state index >= 15 is 0 Å². The molecule has 142 valence electrons. The lowest BCUT2D eigenvalue weighted by molar-refractivity contribution is -0.111. The fourth-order valence-electron chi connectivity index (χ4n) is 3.16. The molecule has 0 saturated heterocycles. The van der Waals surface area contributed by atoms with Crippen molar-refractivity contribution in [2.45, 2.75) is 12.8 Å². The monoisotopic (exact) mass is 372 g/mol. The van der Waals surface area contributed by atoms with Crippen molar-refractivity contribution >= 4 is 17.9 Å². The summed E-state index contributed by atoms with van der Waals surface area (Å²) >= 11 is 0. The fraction of sp³-hybridized carbons (Fsp3) is 0.160. The summed E-state index contributed by atoms with van der Waals surface area (Å²) in [6.45, 7) is 0. The van der Waals surface area contributed by atoms with Crippen LogP contribution in [0.1, 0.15) is 24.0 Å². The third-order valence-electron chi connectivity index (χ3n) is 4.67. The van der Waals surface area contributed by atoms with Gasteiger partial charge in [-0.1, -0.05) is 72.9 Å². The normalized spacial score (nSPS) is 17.3. The molecule has 3 rings (SSSR count). The maximum absolute atomic E-state index is 12.6. The molecule has 0 heterocycles. The minimum atomic E-state index is 0.120. The van der Waals surface area contributed by atoms with Gasteiger partial charge in [0.25, 0.3) is 0 Å². The Balaban J connectivity index is 1.68. The third kappa shape index (κ3) is 4.68. The van der Waals surface area contributed by atoms with Gasteiger partial charge in [-0.25, -0.2) is 0 Å². The van der Waals surface area contributed by atoms with Gasteiger partial charge in [-0.15, -0.1) is 0 Å². The predicted octanol–water partition coefficient (Wildman–Crippen LogP) is 5.65. The van der Waals surface area contributed by atoms with Crippen molar-refractivity contribution in [2.75, 3.05) is 14.2 Å². The Hall–Kier alpha value is -3.33. The number of ether oxygens (including phenoxy) is 2. The zero-order valence-corrected chi connectivity index (χ0v) is 16.2. The van der Waals surface area contributed by atoms with Gasteiger partial charge in [0.2, 0.25) is 0 Å². The van der Waals surface area contributed by atoms with Crippen LogP contribution in [0.15, 0.2) is 84.0 Å². The van der Waals surface area contributed by atoms with Gasteiger partial charge in [-0.2, -0.15) is 0 Å².